The molecule has 0 bridgehead atoms. The number of carbonyl (C=O) groups is 1. The van der Waals surface area contributed by atoms with Crippen LogP contribution in [0.15, 0.2) is 36.7 Å². The molecule has 0 aliphatic heterocycles. The molecular formula is C15H17ClN2O. The Morgan fingerprint density at radius 3 is 2.95 bits per heavy atom. The third-order valence-corrected chi connectivity index (χ3v) is 3.15. The smallest absolute Gasteiger partial charge is 0.144 e. The van der Waals surface area contributed by atoms with Gasteiger partial charge >= 0.3 is 0 Å². The molecule has 0 fully saturated rings. The zero-order valence-corrected chi connectivity index (χ0v) is 11.7. The van der Waals surface area contributed by atoms with Gasteiger partial charge in [-0.2, -0.15) is 0 Å². The normalized spacial score (nSPS) is 10.6. The summed E-state index contributed by atoms with van der Waals surface area (Å²) in [6.07, 6.45) is 5.48. The lowest BCUT2D eigenvalue weighted by atomic mass is 10.1. The third-order valence-electron chi connectivity index (χ3n) is 2.91. The summed E-state index contributed by atoms with van der Waals surface area (Å²) in [7, 11) is 0. The second-order valence-electron chi connectivity index (χ2n) is 4.56. The number of aromatic nitrogens is 2. The fourth-order valence-corrected chi connectivity index (χ4v) is 2.28. The largest absolute Gasteiger partial charge is 0.335 e. The number of hydrogen-bond donors (Lipinski definition) is 0. The van der Waals surface area contributed by atoms with E-state index in [1.807, 2.05) is 35.0 Å². The van der Waals surface area contributed by atoms with E-state index in [4.69, 9.17) is 11.6 Å². The van der Waals surface area contributed by atoms with Crippen LogP contribution in [0, 0.1) is 0 Å². The number of halogens is 1. The number of nitrogens with zero attached hydrogens (tertiary/aromatic N) is 2. The van der Waals surface area contributed by atoms with Crippen LogP contribution in [-0.4, -0.2) is 15.3 Å². The van der Waals surface area contributed by atoms with Gasteiger partial charge in [0.25, 0.3) is 0 Å². The van der Waals surface area contributed by atoms with Gasteiger partial charge in [-0.1, -0.05) is 30.7 Å². The lowest BCUT2D eigenvalue weighted by molar-refractivity contribution is -0.117. The van der Waals surface area contributed by atoms with Crippen LogP contribution in [0.5, 0.6) is 0 Å². The van der Waals surface area contributed by atoms with Gasteiger partial charge in [0.1, 0.15) is 11.6 Å². The van der Waals surface area contributed by atoms with Crippen LogP contribution in [0.1, 0.15) is 24.7 Å². The quantitative estimate of drug-likeness (QED) is 0.811. The molecule has 3 nitrogen and oxygen atoms in total. The van der Waals surface area contributed by atoms with Gasteiger partial charge < -0.3 is 4.57 Å². The zero-order chi connectivity index (χ0) is 13.7. The molecule has 0 spiro atoms. The van der Waals surface area contributed by atoms with Crippen molar-refractivity contribution >= 4 is 17.4 Å². The number of ketones is 1. The van der Waals surface area contributed by atoms with Gasteiger partial charge in [-0.15, -0.1) is 0 Å². The first-order valence-electron chi connectivity index (χ1n) is 6.45. The topological polar surface area (TPSA) is 34.9 Å². The van der Waals surface area contributed by atoms with Crippen LogP contribution >= 0.6 is 11.6 Å². The van der Waals surface area contributed by atoms with Crippen LogP contribution in [-0.2, 0) is 24.2 Å². The van der Waals surface area contributed by atoms with E-state index in [-0.39, 0.29) is 5.78 Å². The molecule has 0 aliphatic rings. The molecule has 1 aromatic carbocycles. The Balaban J connectivity index is 1.99. The van der Waals surface area contributed by atoms with Gasteiger partial charge in [-0.3, -0.25) is 4.79 Å². The number of imidazole rings is 1. The molecule has 0 atom stereocenters. The van der Waals surface area contributed by atoms with Gasteiger partial charge in [-0.05, 0) is 24.1 Å². The van der Waals surface area contributed by atoms with E-state index in [0.29, 0.717) is 17.9 Å². The molecule has 0 unspecified atom stereocenters. The Bertz CT molecular complexity index is 563. The number of Topliss-reactive ketones (excluding diaryl/α,β-unsaturated/α-hetero) is 1. The van der Waals surface area contributed by atoms with Crippen LogP contribution in [0.2, 0.25) is 5.02 Å². The summed E-state index contributed by atoms with van der Waals surface area (Å²) in [5.41, 5.74) is 0.950. The first kappa shape index (κ1) is 13.8. The summed E-state index contributed by atoms with van der Waals surface area (Å²) in [5.74, 6) is 1.000. The number of carbonyl (C=O) groups excluding carboxylic acids is 1. The molecule has 0 aliphatic carbocycles. The molecule has 0 saturated heterocycles. The van der Waals surface area contributed by atoms with Gasteiger partial charge in [-0.25, -0.2) is 4.98 Å². The van der Waals surface area contributed by atoms with Crippen molar-refractivity contribution in [2.45, 2.75) is 32.7 Å². The van der Waals surface area contributed by atoms with E-state index in [0.717, 1.165) is 24.4 Å². The van der Waals surface area contributed by atoms with Crippen molar-refractivity contribution in [2.75, 3.05) is 0 Å². The fourth-order valence-electron chi connectivity index (χ4n) is 2.07. The highest BCUT2D eigenvalue weighted by Gasteiger charge is 2.10. The maximum atomic E-state index is 12.1. The van der Waals surface area contributed by atoms with Crippen molar-refractivity contribution in [3.05, 3.63) is 53.1 Å². The van der Waals surface area contributed by atoms with E-state index in [1.54, 1.807) is 6.20 Å². The molecular weight excluding hydrogens is 260 g/mol. The van der Waals surface area contributed by atoms with Gasteiger partial charge in [0.2, 0.25) is 0 Å². The van der Waals surface area contributed by atoms with Crippen LogP contribution < -0.4 is 0 Å². The van der Waals surface area contributed by atoms with E-state index in [9.17, 15) is 4.79 Å². The predicted molar refractivity (Wildman–Crippen MR) is 76.4 cm³/mol. The minimum Gasteiger partial charge on any atom is -0.335 e. The first-order valence-corrected chi connectivity index (χ1v) is 6.83. The minimum atomic E-state index is 0.158. The molecule has 100 valence electrons. The third kappa shape index (κ3) is 3.93. The van der Waals surface area contributed by atoms with E-state index < -0.39 is 0 Å². The molecule has 2 rings (SSSR count). The highest BCUT2D eigenvalue weighted by molar-refractivity contribution is 6.30. The van der Waals surface area contributed by atoms with Crippen LogP contribution in [0.3, 0.4) is 0 Å². The standard InChI is InChI=1S/C15H17ClN2O/c1-2-7-18-8-6-17-15(18)11-14(19)10-12-4-3-5-13(16)9-12/h3-6,8-9H,2,7,10-11H2,1H3. The van der Waals surface area contributed by atoms with Crippen molar-refractivity contribution in [3.8, 4) is 0 Å². The Morgan fingerprint density at radius 2 is 2.21 bits per heavy atom. The van der Waals surface area contributed by atoms with Gasteiger partial charge in [0.05, 0.1) is 6.42 Å². The summed E-state index contributed by atoms with van der Waals surface area (Å²) in [6.45, 7) is 3.01. The number of hydrogen-bond acceptors (Lipinski definition) is 2. The van der Waals surface area contributed by atoms with E-state index in [2.05, 4.69) is 11.9 Å². The highest BCUT2D eigenvalue weighted by atomic mass is 35.5. The SMILES string of the molecule is CCCn1ccnc1CC(=O)Cc1cccc(Cl)c1. The lowest BCUT2D eigenvalue weighted by Crippen LogP contribution is -2.12. The monoisotopic (exact) mass is 276 g/mol. The van der Waals surface area contributed by atoms with E-state index in [1.165, 1.54) is 0 Å². The Kier molecular flexibility index (Phi) is 4.74. The zero-order valence-electron chi connectivity index (χ0n) is 11.0. The summed E-state index contributed by atoms with van der Waals surface area (Å²) in [6, 6.07) is 7.42. The average molecular weight is 277 g/mol. The van der Waals surface area contributed by atoms with Crippen molar-refractivity contribution in [1.29, 1.82) is 0 Å². The second kappa shape index (κ2) is 6.53. The second-order valence-corrected chi connectivity index (χ2v) is 5.00. The van der Waals surface area contributed by atoms with Crippen LogP contribution in [0.25, 0.3) is 0 Å². The summed E-state index contributed by atoms with van der Waals surface area (Å²) < 4.78 is 2.04. The maximum absolute atomic E-state index is 12.1. The van der Waals surface area contributed by atoms with Crippen molar-refractivity contribution in [2.24, 2.45) is 0 Å². The molecule has 4 heteroatoms. The summed E-state index contributed by atoms with van der Waals surface area (Å²) in [5, 5.41) is 0.665. The molecule has 0 amide bonds. The van der Waals surface area contributed by atoms with Crippen molar-refractivity contribution in [1.82, 2.24) is 9.55 Å². The molecule has 0 radical (unpaired) electrons. The molecule has 0 saturated carbocycles. The molecule has 19 heavy (non-hydrogen) atoms. The fraction of sp³-hybridized carbons (Fsp3) is 0.333. The van der Waals surface area contributed by atoms with Crippen molar-refractivity contribution in [3.63, 3.8) is 0 Å². The van der Waals surface area contributed by atoms with Crippen molar-refractivity contribution < 1.29 is 4.79 Å². The number of benzene rings is 1. The maximum Gasteiger partial charge on any atom is 0.144 e. The summed E-state index contributed by atoms with van der Waals surface area (Å²) >= 11 is 5.91. The minimum absolute atomic E-state index is 0.158. The van der Waals surface area contributed by atoms with Crippen LogP contribution in [0.4, 0.5) is 0 Å². The Labute approximate surface area is 118 Å². The Hall–Kier alpha value is -1.61. The number of rotatable bonds is 6. The highest BCUT2D eigenvalue weighted by Crippen LogP contribution is 2.12. The summed E-state index contributed by atoms with van der Waals surface area (Å²) in [4.78, 5) is 16.3. The van der Waals surface area contributed by atoms with Gasteiger partial charge in [0, 0.05) is 30.4 Å². The van der Waals surface area contributed by atoms with E-state index >= 15 is 0 Å². The lowest BCUT2D eigenvalue weighted by Gasteiger charge is -2.06. The molecule has 1 heterocycles. The molecule has 0 N–H and O–H groups in total. The molecule has 1 aromatic heterocycles. The Morgan fingerprint density at radius 1 is 1.37 bits per heavy atom. The average Bonchev–Trinajstić information content (AvgIpc) is 2.77. The molecule has 2 aromatic rings. The number of aryl methyl sites for hydroxylation is 1. The predicted octanol–water partition coefficient (Wildman–Crippen LogP) is 3.30. The van der Waals surface area contributed by atoms with Gasteiger partial charge in [0.15, 0.2) is 0 Å². The first-order chi connectivity index (χ1) is 9.19.